The van der Waals surface area contributed by atoms with Gasteiger partial charge in [-0.1, -0.05) is 78.9 Å². The van der Waals surface area contributed by atoms with E-state index in [4.69, 9.17) is 0 Å². The molecule has 232 valence electrons. The Balaban J connectivity index is 1.20. The van der Waals surface area contributed by atoms with Gasteiger partial charge < -0.3 is 15.2 Å². The maximum absolute atomic E-state index is 13.7. The molecule has 6 rings (SSSR count). The molecule has 1 saturated heterocycles. The lowest BCUT2D eigenvalue weighted by Gasteiger charge is -2.33. The molecule has 2 aliphatic rings. The van der Waals surface area contributed by atoms with Gasteiger partial charge in [-0.2, -0.15) is 13.2 Å². The molecule has 2 N–H and O–H groups in total. The van der Waals surface area contributed by atoms with Crippen molar-refractivity contribution in [1.82, 2.24) is 19.8 Å². The number of piperidine rings is 1. The molecule has 3 aromatic carbocycles. The van der Waals surface area contributed by atoms with Crippen LogP contribution in [0.15, 0.2) is 101 Å². The predicted octanol–water partition coefficient (Wildman–Crippen LogP) is 4.89. The lowest BCUT2D eigenvalue weighted by molar-refractivity contribution is -0.133. The number of benzodiazepines with no additional fused rings is 1. The summed E-state index contributed by atoms with van der Waals surface area (Å²) < 4.78 is 42.8. The molecule has 1 fully saturated rings. The van der Waals surface area contributed by atoms with Gasteiger partial charge in [-0.15, -0.1) is 0 Å². The van der Waals surface area contributed by atoms with Crippen LogP contribution in [0.25, 0.3) is 0 Å². The van der Waals surface area contributed by atoms with Crippen molar-refractivity contribution in [2.75, 3.05) is 24.5 Å². The summed E-state index contributed by atoms with van der Waals surface area (Å²) in [5, 5.41) is 2.59. The second kappa shape index (κ2) is 12.5. The number of carbonyl (C=O) groups is 2. The maximum atomic E-state index is 13.7. The van der Waals surface area contributed by atoms with Crippen LogP contribution in [0.2, 0.25) is 0 Å². The predicted molar refractivity (Wildman–Crippen MR) is 163 cm³/mol. The molecule has 0 aliphatic carbocycles. The largest absolute Gasteiger partial charge is 0.406 e. The zero-order valence-electron chi connectivity index (χ0n) is 24.2. The fourth-order valence-corrected chi connectivity index (χ4v) is 5.88. The first-order valence-corrected chi connectivity index (χ1v) is 14.7. The van der Waals surface area contributed by atoms with Crippen LogP contribution in [0.4, 0.5) is 23.7 Å². The smallest absolute Gasteiger partial charge is 0.325 e. The van der Waals surface area contributed by atoms with Gasteiger partial charge in [0.2, 0.25) is 6.17 Å². The second-order valence-corrected chi connectivity index (χ2v) is 11.1. The zero-order chi connectivity index (χ0) is 31.6. The van der Waals surface area contributed by atoms with Crippen molar-refractivity contribution in [2.45, 2.75) is 37.6 Å². The first-order chi connectivity index (χ1) is 21.7. The number of benzene rings is 3. The van der Waals surface area contributed by atoms with Gasteiger partial charge in [0.15, 0.2) is 0 Å². The summed E-state index contributed by atoms with van der Waals surface area (Å²) in [6.45, 7) is -0.967. The molecule has 0 bridgehead atoms. The molecule has 3 amide bonds. The van der Waals surface area contributed by atoms with E-state index < -0.39 is 30.8 Å². The molecular weight excluding hydrogens is 585 g/mol. The molecule has 9 nitrogen and oxygen atoms in total. The number of fused-ring (bicyclic) bond motifs is 1. The Kier molecular flexibility index (Phi) is 8.29. The molecule has 4 aromatic rings. The minimum atomic E-state index is -4.69. The number of para-hydroxylation sites is 1. The number of likely N-dealkylation sites (tertiary alicyclic amines) is 1. The van der Waals surface area contributed by atoms with Gasteiger partial charge in [0.1, 0.15) is 6.54 Å². The molecule has 12 heteroatoms. The van der Waals surface area contributed by atoms with Crippen LogP contribution < -0.4 is 15.9 Å². The Morgan fingerprint density at radius 3 is 2.24 bits per heavy atom. The standard InChI is InChI=1S/C33H31F3N6O3/c34-33(35,36)21-42-27-14-8-7-13-26(27)28(23-11-5-2-6-12-23)38-29(30(42)43)39-31(44)40-17-15-25(16-18-40)41-20-24(37-32(41)45)19-22-9-3-1-4-10-22/h1-14,20,25,29H,15-19,21H2,(H,37,45)(H,39,44)/t29-/m0/s1. The van der Waals surface area contributed by atoms with Crippen LogP contribution in [-0.2, 0) is 11.2 Å². The summed E-state index contributed by atoms with van der Waals surface area (Å²) in [4.78, 5) is 49.4. The number of hydrogen-bond acceptors (Lipinski definition) is 4. The van der Waals surface area contributed by atoms with Gasteiger partial charge in [-0.25, -0.2) is 14.6 Å². The van der Waals surface area contributed by atoms with E-state index in [1.54, 1.807) is 53.1 Å². The molecule has 0 unspecified atom stereocenters. The molecule has 1 aromatic heterocycles. The third-order valence-electron chi connectivity index (χ3n) is 8.03. The van der Waals surface area contributed by atoms with Crippen LogP contribution in [0.1, 0.15) is 41.3 Å². The Bertz CT molecular complexity index is 1760. The Morgan fingerprint density at radius 1 is 0.911 bits per heavy atom. The number of imidazole rings is 1. The van der Waals surface area contributed by atoms with Crippen LogP contribution in [0, 0.1) is 0 Å². The third-order valence-corrected chi connectivity index (χ3v) is 8.03. The number of anilines is 1. The first-order valence-electron chi connectivity index (χ1n) is 14.7. The van der Waals surface area contributed by atoms with Gasteiger partial charge in [-0.3, -0.25) is 14.3 Å². The molecule has 0 spiro atoms. The number of alkyl halides is 3. The average Bonchev–Trinajstić information content (AvgIpc) is 3.36. The highest BCUT2D eigenvalue weighted by Crippen LogP contribution is 2.31. The topological polar surface area (TPSA) is 103 Å². The number of aliphatic imine (C=N–C) groups is 1. The van der Waals surface area contributed by atoms with Gasteiger partial charge in [0, 0.05) is 48.6 Å². The normalized spacial score (nSPS) is 17.4. The first kappa shape index (κ1) is 29.9. The number of aromatic nitrogens is 2. The van der Waals surface area contributed by atoms with E-state index in [-0.39, 0.29) is 30.5 Å². The molecule has 0 radical (unpaired) electrons. The molecule has 45 heavy (non-hydrogen) atoms. The number of rotatable bonds is 6. The van der Waals surface area contributed by atoms with Crippen LogP contribution in [0.5, 0.6) is 0 Å². The van der Waals surface area contributed by atoms with E-state index in [1.165, 1.54) is 11.0 Å². The van der Waals surface area contributed by atoms with Crippen molar-refractivity contribution in [3.05, 3.63) is 124 Å². The van der Waals surface area contributed by atoms with E-state index >= 15 is 0 Å². The molecule has 2 aliphatic heterocycles. The summed E-state index contributed by atoms with van der Waals surface area (Å²) in [5.74, 6) is -0.987. The fourth-order valence-electron chi connectivity index (χ4n) is 5.88. The number of carbonyl (C=O) groups excluding carboxylic acids is 2. The molecule has 1 atom stereocenters. The number of aromatic amines is 1. The number of urea groups is 1. The Labute approximate surface area is 257 Å². The van der Waals surface area contributed by atoms with E-state index in [0.717, 1.165) is 11.3 Å². The lowest BCUT2D eigenvalue weighted by Crippen LogP contribution is -2.54. The number of hydrogen-bond donors (Lipinski definition) is 2. The minimum Gasteiger partial charge on any atom is -0.325 e. The summed E-state index contributed by atoms with van der Waals surface area (Å²) >= 11 is 0. The zero-order valence-corrected chi connectivity index (χ0v) is 24.2. The lowest BCUT2D eigenvalue weighted by atomic mass is 10.0. The van der Waals surface area contributed by atoms with Crippen LogP contribution in [-0.4, -0.2) is 64.1 Å². The Morgan fingerprint density at radius 2 is 1.56 bits per heavy atom. The highest BCUT2D eigenvalue weighted by Gasteiger charge is 2.40. The van der Waals surface area contributed by atoms with Crippen molar-refractivity contribution >= 4 is 23.3 Å². The minimum absolute atomic E-state index is 0.0589. The fraction of sp³-hybridized carbons (Fsp3) is 0.273. The van der Waals surface area contributed by atoms with Crippen molar-refractivity contribution in [3.63, 3.8) is 0 Å². The molecule has 3 heterocycles. The van der Waals surface area contributed by atoms with E-state index in [2.05, 4.69) is 15.3 Å². The van der Waals surface area contributed by atoms with Gasteiger partial charge in [-0.05, 0) is 24.5 Å². The number of nitrogens with one attached hydrogen (secondary N) is 2. The quantitative estimate of drug-likeness (QED) is 0.323. The monoisotopic (exact) mass is 616 g/mol. The summed E-state index contributed by atoms with van der Waals surface area (Å²) in [6, 6.07) is 24.1. The number of H-pyrrole nitrogens is 1. The Hall–Kier alpha value is -5.13. The van der Waals surface area contributed by atoms with E-state index in [0.29, 0.717) is 41.0 Å². The van der Waals surface area contributed by atoms with E-state index in [9.17, 15) is 27.6 Å². The summed E-state index contributed by atoms with van der Waals surface area (Å²) in [7, 11) is 0. The number of halogens is 3. The molecular formula is C33H31F3N6O3. The SMILES string of the molecule is O=C(N[C@@H]1N=C(c2ccccc2)c2ccccc2N(CC(F)(F)F)C1=O)N1CCC(n2cc(Cc3ccccc3)[nH]c2=O)CC1. The second-order valence-electron chi connectivity index (χ2n) is 11.1. The van der Waals surface area contributed by atoms with Gasteiger partial charge >= 0.3 is 17.9 Å². The van der Waals surface area contributed by atoms with Crippen molar-refractivity contribution in [3.8, 4) is 0 Å². The summed E-state index contributed by atoms with van der Waals surface area (Å²) in [5.41, 5.74) is 2.93. The van der Waals surface area contributed by atoms with E-state index in [1.807, 2.05) is 36.5 Å². The van der Waals surface area contributed by atoms with Crippen LogP contribution >= 0.6 is 0 Å². The van der Waals surface area contributed by atoms with Gasteiger partial charge in [0.25, 0.3) is 5.91 Å². The highest BCUT2D eigenvalue weighted by atomic mass is 19.4. The van der Waals surface area contributed by atoms with Crippen molar-refractivity contribution in [2.24, 2.45) is 4.99 Å². The highest BCUT2D eigenvalue weighted by molar-refractivity contribution is 6.20. The van der Waals surface area contributed by atoms with Crippen molar-refractivity contribution in [1.29, 1.82) is 0 Å². The number of amides is 3. The maximum Gasteiger partial charge on any atom is 0.406 e. The van der Waals surface area contributed by atoms with Crippen LogP contribution in [0.3, 0.4) is 0 Å². The summed E-state index contributed by atoms with van der Waals surface area (Å²) in [6.07, 6.45) is -2.91. The number of nitrogens with zero attached hydrogens (tertiary/aromatic N) is 4. The average molecular weight is 617 g/mol. The third kappa shape index (κ3) is 6.69. The van der Waals surface area contributed by atoms with Crippen molar-refractivity contribution < 1.29 is 22.8 Å². The molecule has 0 saturated carbocycles. The van der Waals surface area contributed by atoms with Gasteiger partial charge in [0.05, 0.1) is 11.4 Å².